The van der Waals surface area contributed by atoms with Gasteiger partial charge in [-0.05, 0) is 30.8 Å². The first-order valence-electron chi connectivity index (χ1n) is 9.44. The summed E-state index contributed by atoms with van der Waals surface area (Å²) < 4.78 is 5.43. The van der Waals surface area contributed by atoms with E-state index in [0.29, 0.717) is 30.2 Å². The van der Waals surface area contributed by atoms with Gasteiger partial charge in [0.25, 0.3) is 0 Å². The zero-order valence-corrected chi connectivity index (χ0v) is 16.5. The first-order valence-corrected chi connectivity index (χ1v) is 9.44. The minimum absolute atomic E-state index is 0.120. The molecule has 7 nitrogen and oxygen atoms in total. The highest BCUT2D eigenvalue weighted by Crippen LogP contribution is 2.20. The van der Waals surface area contributed by atoms with Crippen LogP contribution in [0, 0.1) is 0 Å². The number of benzene rings is 2. The van der Waals surface area contributed by atoms with Crippen molar-refractivity contribution in [3.05, 3.63) is 66.4 Å². The predicted molar refractivity (Wildman–Crippen MR) is 112 cm³/mol. The number of nitrogens with zero attached hydrogens (tertiary/aromatic N) is 2. The Morgan fingerprint density at radius 3 is 2.28 bits per heavy atom. The zero-order chi connectivity index (χ0) is 20.6. The summed E-state index contributed by atoms with van der Waals surface area (Å²) in [5.74, 6) is 0.454. The molecule has 0 spiro atoms. The van der Waals surface area contributed by atoms with Gasteiger partial charge in [-0.2, -0.15) is 0 Å². The fourth-order valence-electron chi connectivity index (χ4n) is 2.88. The summed E-state index contributed by atoms with van der Waals surface area (Å²) >= 11 is 0. The Bertz CT molecular complexity index is 952. The number of anilines is 2. The predicted octanol–water partition coefficient (Wildman–Crippen LogP) is 3.76. The molecule has 0 atom stereocenters. The monoisotopic (exact) mass is 392 g/mol. The Balaban J connectivity index is 1.55. The summed E-state index contributed by atoms with van der Waals surface area (Å²) in [4.78, 5) is 25.4. The molecule has 0 saturated heterocycles. The van der Waals surface area contributed by atoms with Crippen LogP contribution in [0.3, 0.4) is 0 Å². The van der Waals surface area contributed by atoms with Crippen LogP contribution in [0.5, 0.6) is 0 Å². The van der Waals surface area contributed by atoms with Crippen molar-refractivity contribution in [2.24, 2.45) is 0 Å². The highest BCUT2D eigenvalue weighted by atomic mass is 16.5. The summed E-state index contributed by atoms with van der Waals surface area (Å²) in [6, 6.07) is 18.7. The van der Waals surface area contributed by atoms with Crippen LogP contribution in [-0.4, -0.2) is 35.0 Å². The van der Waals surface area contributed by atoms with Crippen LogP contribution in [0.1, 0.15) is 19.5 Å². The second-order valence-corrected chi connectivity index (χ2v) is 6.66. The number of likely N-dealkylation sites (N-methyl/N-ethyl adjacent to an activating group) is 1. The number of rotatable bonds is 8. The topological polar surface area (TPSA) is 87.5 Å². The Hall–Kier alpha value is -3.45. The SMILES string of the molecule is CCN(CC(=O)Nc1ccc(NC(C)=O)cc1)Cc1cc(-c2ccccc2)on1. The first kappa shape index (κ1) is 20.3. The molecule has 0 unspecified atom stereocenters. The van der Waals surface area contributed by atoms with Gasteiger partial charge in [0.05, 0.1) is 12.2 Å². The molecule has 0 radical (unpaired) electrons. The molecular weight excluding hydrogens is 368 g/mol. The third-order valence-electron chi connectivity index (χ3n) is 4.31. The van der Waals surface area contributed by atoms with Gasteiger partial charge >= 0.3 is 0 Å². The molecule has 0 fully saturated rings. The Morgan fingerprint density at radius 1 is 1.00 bits per heavy atom. The Labute approximate surface area is 169 Å². The number of carbonyl (C=O) groups excluding carboxylic acids is 2. The third-order valence-corrected chi connectivity index (χ3v) is 4.31. The van der Waals surface area contributed by atoms with E-state index in [9.17, 15) is 9.59 Å². The molecule has 0 bridgehead atoms. The number of nitrogens with one attached hydrogen (secondary N) is 2. The van der Waals surface area contributed by atoms with Crippen molar-refractivity contribution in [1.82, 2.24) is 10.1 Å². The average molecular weight is 392 g/mol. The van der Waals surface area contributed by atoms with Crippen molar-refractivity contribution in [2.45, 2.75) is 20.4 Å². The van der Waals surface area contributed by atoms with Crippen molar-refractivity contribution in [3.8, 4) is 11.3 Å². The normalized spacial score (nSPS) is 10.7. The maximum Gasteiger partial charge on any atom is 0.238 e. The highest BCUT2D eigenvalue weighted by Gasteiger charge is 2.13. The molecule has 0 aliphatic rings. The molecule has 29 heavy (non-hydrogen) atoms. The lowest BCUT2D eigenvalue weighted by molar-refractivity contribution is -0.117. The van der Waals surface area contributed by atoms with Gasteiger partial charge in [-0.25, -0.2) is 0 Å². The Morgan fingerprint density at radius 2 is 1.66 bits per heavy atom. The second kappa shape index (κ2) is 9.66. The van der Waals surface area contributed by atoms with Gasteiger partial charge in [0.1, 0.15) is 0 Å². The summed E-state index contributed by atoms with van der Waals surface area (Å²) in [6.45, 7) is 4.89. The first-order chi connectivity index (χ1) is 14.0. The van der Waals surface area contributed by atoms with E-state index in [2.05, 4.69) is 15.8 Å². The maximum atomic E-state index is 12.4. The van der Waals surface area contributed by atoms with Crippen molar-refractivity contribution >= 4 is 23.2 Å². The smallest absolute Gasteiger partial charge is 0.238 e. The van der Waals surface area contributed by atoms with Crippen molar-refractivity contribution < 1.29 is 14.1 Å². The molecule has 3 rings (SSSR count). The Kier molecular flexibility index (Phi) is 6.76. The average Bonchev–Trinajstić information content (AvgIpc) is 3.18. The van der Waals surface area contributed by atoms with E-state index in [1.165, 1.54) is 6.92 Å². The number of hydrogen-bond donors (Lipinski definition) is 2. The summed E-state index contributed by atoms with van der Waals surface area (Å²) in [5, 5.41) is 9.68. The summed E-state index contributed by atoms with van der Waals surface area (Å²) in [5.41, 5.74) is 3.10. The summed E-state index contributed by atoms with van der Waals surface area (Å²) in [7, 11) is 0. The van der Waals surface area contributed by atoms with Crippen molar-refractivity contribution in [1.29, 1.82) is 0 Å². The fourth-order valence-corrected chi connectivity index (χ4v) is 2.88. The molecular formula is C22H24N4O3. The lowest BCUT2D eigenvalue weighted by Gasteiger charge is -2.18. The highest BCUT2D eigenvalue weighted by molar-refractivity contribution is 5.93. The molecule has 2 aromatic carbocycles. The quantitative estimate of drug-likeness (QED) is 0.609. The van der Waals surface area contributed by atoms with Crippen LogP contribution in [0.4, 0.5) is 11.4 Å². The van der Waals surface area contributed by atoms with E-state index >= 15 is 0 Å². The minimum Gasteiger partial charge on any atom is -0.356 e. The van der Waals surface area contributed by atoms with E-state index in [4.69, 9.17) is 4.52 Å². The van der Waals surface area contributed by atoms with Gasteiger partial charge in [0, 0.05) is 36.5 Å². The van der Waals surface area contributed by atoms with Crippen LogP contribution >= 0.6 is 0 Å². The molecule has 150 valence electrons. The fraction of sp³-hybridized carbons (Fsp3) is 0.227. The van der Waals surface area contributed by atoms with Crippen LogP contribution < -0.4 is 10.6 Å². The number of hydrogen-bond acceptors (Lipinski definition) is 5. The van der Waals surface area contributed by atoms with Crippen molar-refractivity contribution in [2.75, 3.05) is 23.7 Å². The number of amides is 2. The van der Waals surface area contributed by atoms with Gasteiger partial charge in [-0.15, -0.1) is 0 Å². The molecule has 2 N–H and O–H groups in total. The minimum atomic E-state index is -0.136. The van der Waals surface area contributed by atoms with E-state index in [0.717, 1.165) is 11.3 Å². The number of carbonyl (C=O) groups is 2. The van der Waals surface area contributed by atoms with Crippen LogP contribution in [0.15, 0.2) is 65.2 Å². The van der Waals surface area contributed by atoms with Crippen LogP contribution in [0.25, 0.3) is 11.3 Å². The van der Waals surface area contributed by atoms with Gasteiger partial charge < -0.3 is 15.2 Å². The van der Waals surface area contributed by atoms with Crippen molar-refractivity contribution in [3.63, 3.8) is 0 Å². The molecule has 3 aromatic rings. The second-order valence-electron chi connectivity index (χ2n) is 6.66. The van der Waals surface area contributed by atoms with Gasteiger partial charge in [0.2, 0.25) is 11.8 Å². The molecule has 0 aliphatic heterocycles. The molecule has 0 aliphatic carbocycles. The van der Waals surface area contributed by atoms with Gasteiger partial charge in [-0.1, -0.05) is 42.4 Å². The van der Waals surface area contributed by atoms with E-state index in [-0.39, 0.29) is 18.4 Å². The molecule has 1 heterocycles. The zero-order valence-electron chi connectivity index (χ0n) is 16.5. The van der Waals surface area contributed by atoms with Gasteiger partial charge in [-0.3, -0.25) is 14.5 Å². The van der Waals surface area contributed by atoms with Gasteiger partial charge in [0.15, 0.2) is 5.76 Å². The third kappa shape index (κ3) is 6.02. The largest absolute Gasteiger partial charge is 0.356 e. The van der Waals surface area contributed by atoms with E-state index in [1.807, 2.05) is 48.2 Å². The lowest BCUT2D eigenvalue weighted by atomic mass is 10.1. The molecule has 0 saturated carbocycles. The molecule has 7 heteroatoms. The summed E-state index contributed by atoms with van der Waals surface area (Å²) in [6.07, 6.45) is 0. The standard InChI is InChI=1S/C22H24N4O3/c1-3-26(14-20-13-21(29-25-20)17-7-5-4-6-8-17)15-22(28)24-19-11-9-18(10-12-19)23-16(2)27/h4-13H,3,14-15H2,1-2H3,(H,23,27)(H,24,28). The van der Waals surface area contributed by atoms with E-state index in [1.54, 1.807) is 24.3 Å². The maximum absolute atomic E-state index is 12.4. The molecule has 1 aromatic heterocycles. The van der Waals surface area contributed by atoms with Crippen LogP contribution in [-0.2, 0) is 16.1 Å². The molecule has 2 amide bonds. The number of aromatic nitrogens is 1. The van der Waals surface area contributed by atoms with Crippen LogP contribution in [0.2, 0.25) is 0 Å². The van der Waals surface area contributed by atoms with E-state index < -0.39 is 0 Å². The lowest BCUT2D eigenvalue weighted by Crippen LogP contribution is -2.32.